The van der Waals surface area contributed by atoms with Crippen LogP contribution in [0.2, 0.25) is 0 Å². The van der Waals surface area contributed by atoms with Gasteiger partial charge in [-0.05, 0) is 30.2 Å². The second-order valence-electron chi connectivity index (χ2n) is 4.14. The Kier molecular flexibility index (Phi) is 4.39. The van der Waals surface area contributed by atoms with E-state index in [0.29, 0.717) is 10.5 Å². The predicted octanol–water partition coefficient (Wildman–Crippen LogP) is 4.17. The minimum Gasteiger partial charge on any atom is -0.389 e. The maximum atomic E-state index is 13.8. The highest BCUT2D eigenvalue weighted by atomic mass is 32.2. The lowest BCUT2D eigenvalue weighted by Gasteiger charge is -2.08. The Balaban J connectivity index is 2.06. The Bertz CT molecular complexity index is 511. The minimum absolute atomic E-state index is 0.269. The van der Waals surface area contributed by atoms with E-state index < -0.39 is 6.10 Å². The molecule has 1 nitrogen and oxygen atoms in total. The Morgan fingerprint density at radius 2 is 1.89 bits per heavy atom. The van der Waals surface area contributed by atoms with Crippen LogP contribution >= 0.6 is 11.8 Å². The summed E-state index contributed by atoms with van der Waals surface area (Å²) in [5.74, 6) is 0.473. The highest BCUT2D eigenvalue weighted by Crippen LogP contribution is 2.27. The molecule has 2 aromatic carbocycles. The van der Waals surface area contributed by atoms with Crippen molar-refractivity contribution in [1.29, 1.82) is 0 Å². The first-order valence-corrected chi connectivity index (χ1v) is 6.79. The van der Waals surface area contributed by atoms with Crippen molar-refractivity contribution >= 4 is 11.8 Å². The van der Waals surface area contributed by atoms with Crippen LogP contribution in [0.15, 0.2) is 53.4 Å². The fraction of sp³-hybridized carbons (Fsp3) is 0.200. The quantitative estimate of drug-likeness (QED) is 0.834. The molecule has 0 saturated heterocycles. The van der Waals surface area contributed by atoms with Crippen molar-refractivity contribution in [3.05, 3.63) is 65.5 Å². The van der Waals surface area contributed by atoms with E-state index in [1.54, 1.807) is 19.1 Å². The Labute approximate surface area is 111 Å². The summed E-state index contributed by atoms with van der Waals surface area (Å²) in [5.41, 5.74) is 1.78. The van der Waals surface area contributed by atoms with E-state index in [2.05, 4.69) is 0 Å². The molecule has 0 bridgehead atoms. The monoisotopic (exact) mass is 262 g/mol. The Hall–Kier alpha value is -1.32. The topological polar surface area (TPSA) is 20.2 Å². The number of rotatable bonds is 4. The zero-order chi connectivity index (χ0) is 13.0. The lowest BCUT2D eigenvalue weighted by molar-refractivity contribution is 0.198. The lowest BCUT2D eigenvalue weighted by atomic mass is 10.1. The standard InChI is InChI=1S/C15H15FOS/c1-11(17)13-7-8-15(14(16)9-13)18-10-12-5-3-2-4-6-12/h2-9,11,17H,10H2,1H3/t11-/m0/s1. The number of thioether (sulfide) groups is 1. The van der Waals surface area contributed by atoms with Crippen molar-refractivity contribution in [3.63, 3.8) is 0 Å². The van der Waals surface area contributed by atoms with Crippen molar-refractivity contribution in [2.75, 3.05) is 0 Å². The van der Waals surface area contributed by atoms with Gasteiger partial charge in [0.1, 0.15) is 5.82 Å². The molecule has 0 aromatic heterocycles. The van der Waals surface area contributed by atoms with Gasteiger partial charge in [-0.25, -0.2) is 4.39 Å². The van der Waals surface area contributed by atoms with Crippen LogP contribution in [0.4, 0.5) is 4.39 Å². The average molecular weight is 262 g/mol. The van der Waals surface area contributed by atoms with Gasteiger partial charge in [0.25, 0.3) is 0 Å². The van der Waals surface area contributed by atoms with E-state index in [1.807, 2.05) is 30.3 Å². The molecule has 0 spiro atoms. The third-order valence-corrected chi connectivity index (χ3v) is 3.80. The summed E-state index contributed by atoms with van der Waals surface area (Å²) in [7, 11) is 0. The molecule has 0 saturated carbocycles. The predicted molar refractivity (Wildman–Crippen MR) is 73.0 cm³/mol. The van der Waals surface area contributed by atoms with Gasteiger partial charge in [-0.3, -0.25) is 0 Å². The van der Waals surface area contributed by atoms with Crippen molar-refractivity contribution < 1.29 is 9.50 Å². The van der Waals surface area contributed by atoms with Crippen molar-refractivity contribution in [3.8, 4) is 0 Å². The summed E-state index contributed by atoms with van der Waals surface area (Å²) in [5, 5.41) is 9.37. The summed E-state index contributed by atoms with van der Waals surface area (Å²) >= 11 is 1.46. The van der Waals surface area contributed by atoms with Crippen LogP contribution in [-0.2, 0) is 5.75 Å². The third-order valence-electron chi connectivity index (χ3n) is 2.68. The summed E-state index contributed by atoms with van der Waals surface area (Å²) in [6.07, 6.45) is -0.632. The minimum atomic E-state index is -0.632. The highest BCUT2D eigenvalue weighted by molar-refractivity contribution is 7.98. The fourth-order valence-corrected chi connectivity index (χ4v) is 2.51. The van der Waals surface area contributed by atoms with Gasteiger partial charge >= 0.3 is 0 Å². The number of aliphatic hydroxyl groups is 1. The SMILES string of the molecule is C[C@H](O)c1ccc(SCc2ccccc2)c(F)c1. The molecule has 0 heterocycles. The van der Waals surface area contributed by atoms with Crippen LogP contribution in [0, 0.1) is 5.82 Å². The van der Waals surface area contributed by atoms with E-state index in [1.165, 1.54) is 23.4 Å². The van der Waals surface area contributed by atoms with E-state index in [9.17, 15) is 9.50 Å². The number of hydrogen-bond donors (Lipinski definition) is 1. The molecule has 0 aliphatic heterocycles. The summed E-state index contributed by atoms with van der Waals surface area (Å²) in [6.45, 7) is 1.63. The van der Waals surface area contributed by atoms with Crippen LogP contribution in [0.5, 0.6) is 0 Å². The van der Waals surface area contributed by atoms with E-state index in [4.69, 9.17) is 0 Å². The highest BCUT2D eigenvalue weighted by Gasteiger charge is 2.07. The van der Waals surface area contributed by atoms with Gasteiger partial charge in [0.15, 0.2) is 0 Å². The van der Waals surface area contributed by atoms with Crippen molar-refractivity contribution in [1.82, 2.24) is 0 Å². The molecule has 0 radical (unpaired) electrons. The maximum Gasteiger partial charge on any atom is 0.137 e. The van der Waals surface area contributed by atoms with E-state index in [0.717, 1.165) is 5.75 Å². The molecule has 0 unspecified atom stereocenters. The molecule has 1 atom stereocenters. The Morgan fingerprint density at radius 3 is 2.50 bits per heavy atom. The number of halogens is 1. The molecule has 2 rings (SSSR count). The zero-order valence-electron chi connectivity index (χ0n) is 10.1. The molecule has 0 amide bonds. The summed E-state index contributed by atoms with van der Waals surface area (Å²) < 4.78 is 13.8. The molecule has 18 heavy (non-hydrogen) atoms. The maximum absolute atomic E-state index is 13.8. The molecule has 0 aliphatic carbocycles. The van der Waals surface area contributed by atoms with Crippen LogP contribution in [-0.4, -0.2) is 5.11 Å². The summed E-state index contributed by atoms with van der Waals surface area (Å²) in [4.78, 5) is 0.614. The van der Waals surface area contributed by atoms with Crippen LogP contribution in [0.1, 0.15) is 24.2 Å². The van der Waals surface area contributed by atoms with Gasteiger partial charge in [-0.1, -0.05) is 36.4 Å². The third kappa shape index (κ3) is 3.34. The number of hydrogen-bond acceptors (Lipinski definition) is 2. The fourth-order valence-electron chi connectivity index (χ4n) is 1.63. The normalized spacial score (nSPS) is 12.4. The molecule has 94 valence electrons. The molecular formula is C15H15FOS. The van der Waals surface area contributed by atoms with Gasteiger partial charge < -0.3 is 5.11 Å². The molecule has 0 fully saturated rings. The van der Waals surface area contributed by atoms with Crippen LogP contribution < -0.4 is 0 Å². The zero-order valence-corrected chi connectivity index (χ0v) is 11.0. The van der Waals surface area contributed by atoms with Gasteiger partial charge in [-0.15, -0.1) is 11.8 Å². The number of benzene rings is 2. The van der Waals surface area contributed by atoms with Crippen LogP contribution in [0.3, 0.4) is 0 Å². The first-order chi connectivity index (χ1) is 8.66. The van der Waals surface area contributed by atoms with E-state index in [-0.39, 0.29) is 5.82 Å². The molecule has 0 aliphatic rings. The van der Waals surface area contributed by atoms with Crippen molar-refractivity contribution in [2.24, 2.45) is 0 Å². The second-order valence-corrected chi connectivity index (χ2v) is 5.16. The largest absolute Gasteiger partial charge is 0.389 e. The van der Waals surface area contributed by atoms with Crippen LogP contribution in [0.25, 0.3) is 0 Å². The number of aliphatic hydroxyl groups excluding tert-OH is 1. The first kappa shape index (κ1) is 13.1. The van der Waals surface area contributed by atoms with Gasteiger partial charge in [0, 0.05) is 10.6 Å². The molecule has 2 aromatic rings. The lowest BCUT2D eigenvalue weighted by Crippen LogP contribution is -1.93. The first-order valence-electron chi connectivity index (χ1n) is 5.81. The molecule has 1 N–H and O–H groups in total. The van der Waals surface area contributed by atoms with E-state index >= 15 is 0 Å². The average Bonchev–Trinajstić information content (AvgIpc) is 2.38. The van der Waals surface area contributed by atoms with Gasteiger partial charge in [0.2, 0.25) is 0 Å². The van der Waals surface area contributed by atoms with Crippen molar-refractivity contribution in [2.45, 2.75) is 23.7 Å². The van der Waals surface area contributed by atoms with Gasteiger partial charge in [0.05, 0.1) is 6.10 Å². The second kappa shape index (κ2) is 6.03. The summed E-state index contributed by atoms with van der Waals surface area (Å²) in [6, 6.07) is 14.9. The Morgan fingerprint density at radius 1 is 1.17 bits per heavy atom. The molecule has 3 heteroatoms. The van der Waals surface area contributed by atoms with Gasteiger partial charge in [-0.2, -0.15) is 0 Å². The molecular weight excluding hydrogens is 247 g/mol. The smallest absolute Gasteiger partial charge is 0.137 e.